The fourth-order valence-electron chi connectivity index (χ4n) is 4.12. The van der Waals surface area contributed by atoms with Gasteiger partial charge in [0.15, 0.2) is 0 Å². The second-order valence-electron chi connectivity index (χ2n) is 8.27. The van der Waals surface area contributed by atoms with Crippen molar-refractivity contribution in [3.63, 3.8) is 0 Å². The van der Waals surface area contributed by atoms with E-state index < -0.39 is 0 Å². The number of piperidine rings is 1. The molecule has 2 heterocycles. The first-order valence-electron chi connectivity index (χ1n) is 11.2. The summed E-state index contributed by atoms with van der Waals surface area (Å²) in [5.74, 6) is 0.475. The number of carbonyl (C=O) groups excluding carboxylic acids is 2. The molecule has 1 aliphatic heterocycles. The molecule has 172 valence electrons. The molecule has 0 radical (unpaired) electrons. The van der Waals surface area contributed by atoms with E-state index in [9.17, 15) is 9.59 Å². The zero-order valence-electron chi connectivity index (χ0n) is 18.9. The van der Waals surface area contributed by atoms with Gasteiger partial charge in [-0.2, -0.15) is 0 Å². The first kappa shape index (κ1) is 23.0. The number of nitrogens with zero attached hydrogens (tertiary/aromatic N) is 3. The number of imidazole rings is 1. The van der Waals surface area contributed by atoms with E-state index in [1.54, 1.807) is 0 Å². The van der Waals surface area contributed by atoms with Gasteiger partial charge < -0.3 is 5.32 Å². The SMILES string of the molecule is CC(=O)Nc1ccc(-n2c(-c3ccccc3Cl)nc(CC(=O)NN3CCCCC3)c2C)cc1. The zero-order valence-corrected chi connectivity index (χ0v) is 19.7. The van der Waals surface area contributed by atoms with Crippen LogP contribution in [0, 0.1) is 6.92 Å². The molecule has 2 N–H and O–H groups in total. The maximum Gasteiger partial charge on any atom is 0.240 e. The van der Waals surface area contributed by atoms with Gasteiger partial charge in [0.1, 0.15) is 5.82 Å². The molecule has 1 saturated heterocycles. The first-order valence-corrected chi connectivity index (χ1v) is 11.6. The molecule has 0 spiro atoms. The van der Waals surface area contributed by atoms with Crippen molar-refractivity contribution in [2.45, 2.75) is 39.5 Å². The van der Waals surface area contributed by atoms with Crippen LogP contribution in [0.1, 0.15) is 37.6 Å². The smallest absolute Gasteiger partial charge is 0.240 e. The summed E-state index contributed by atoms with van der Waals surface area (Å²) in [6.07, 6.45) is 3.58. The Hall–Kier alpha value is -3.16. The third kappa shape index (κ3) is 5.43. The number of halogens is 1. The van der Waals surface area contributed by atoms with E-state index in [2.05, 4.69) is 10.7 Å². The maximum atomic E-state index is 12.8. The quantitative estimate of drug-likeness (QED) is 0.561. The fraction of sp³-hybridized carbons (Fsp3) is 0.320. The number of carbonyl (C=O) groups is 2. The van der Waals surface area contributed by atoms with E-state index in [1.165, 1.54) is 13.3 Å². The standard InChI is InChI=1S/C25H28ClN5O2/c1-17-23(16-24(33)29-30-14-6-3-7-15-30)28-25(21-8-4-5-9-22(21)26)31(17)20-12-10-19(11-13-20)27-18(2)32/h4-5,8-13H,3,6-7,14-16H2,1-2H3,(H,27,32)(H,29,33). The van der Waals surface area contributed by atoms with Crippen LogP contribution in [0.4, 0.5) is 5.69 Å². The van der Waals surface area contributed by atoms with Crippen molar-refractivity contribution in [1.82, 2.24) is 20.0 Å². The molecule has 0 atom stereocenters. The van der Waals surface area contributed by atoms with Crippen molar-refractivity contribution in [2.75, 3.05) is 18.4 Å². The summed E-state index contributed by atoms with van der Waals surface area (Å²) in [4.78, 5) is 29.0. The van der Waals surface area contributed by atoms with Crippen molar-refractivity contribution >= 4 is 29.1 Å². The number of rotatable bonds is 6. The van der Waals surface area contributed by atoms with Crippen LogP contribution >= 0.6 is 11.6 Å². The van der Waals surface area contributed by atoms with Crippen LogP contribution in [0.15, 0.2) is 48.5 Å². The minimum atomic E-state index is -0.125. The Morgan fingerprint density at radius 3 is 2.39 bits per heavy atom. The second kappa shape index (κ2) is 10.2. The third-order valence-electron chi connectivity index (χ3n) is 5.73. The number of nitrogens with one attached hydrogen (secondary N) is 2. The Labute approximate surface area is 198 Å². The Kier molecular flexibility index (Phi) is 7.11. The molecule has 0 aliphatic carbocycles. The van der Waals surface area contributed by atoms with Gasteiger partial charge in [-0.3, -0.25) is 19.6 Å². The summed E-state index contributed by atoms with van der Waals surface area (Å²) in [7, 11) is 0. The molecule has 0 saturated carbocycles. The summed E-state index contributed by atoms with van der Waals surface area (Å²) >= 11 is 6.51. The van der Waals surface area contributed by atoms with Gasteiger partial charge in [0.25, 0.3) is 0 Å². The lowest BCUT2D eigenvalue weighted by atomic mass is 10.2. The Balaban J connectivity index is 1.68. The lowest BCUT2D eigenvalue weighted by Crippen LogP contribution is -2.45. The lowest BCUT2D eigenvalue weighted by molar-refractivity contribution is -0.125. The van der Waals surface area contributed by atoms with Crippen LogP contribution in [-0.4, -0.2) is 39.5 Å². The van der Waals surface area contributed by atoms with Crippen LogP contribution in [0.25, 0.3) is 17.1 Å². The van der Waals surface area contributed by atoms with E-state index in [4.69, 9.17) is 16.6 Å². The topological polar surface area (TPSA) is 79.3 Å². The number of hydrogen-bond acceptors (Lipinski definition) is 4. The van der Waals surface area contributed by atoms with Crippen LogP contribution in [0.3, 0.4) is 0 Å². The van der Waals surface area contributed by atoms with Crippen LogP contribution in [0.2, 0.25) is 5.02 Å². The van der Waals surface area contributed by atoms with Crippen molar-refractivity contribution in [3.05, 3.63) is 64.9 Å². The molecular weight excluding hydrogens is 438 g/mol. The number of aromatic nitrogens is 2. The second-order valence-corrected chi connectivity index (χ2v) is 8.68. The molecule has 1 aromatic heterocycles. The highest BCUT2D eigenvalue weighted by Crippen LogP contribution is 2.32. The molecule has 0 unspecified atom stereocenters. The molecule has 33 heavy (non-hydrogen) atoms. The predicted molar refractivity (Wildman–Crippen MR) is 130 cm³/mol. The lowest BCUT2D eigenvalue weighted by Gasteiger charge is -2.26. The number of amides is 2. The third-order valence-corrected chi connectivity index (χ3v) is 6.06. The van der Waals surface area contributed by atoms with E-state index in [-0.39, 0.29) is 18.2 Å². The average molecular weight is 466 g/mol. The van der Waals surface area contributed by atoms with E-state index in [0.29, 0.717) is 22.2 Å². The molecule has 0 bridgehead atoms. The van der Waals surface area contributed by atoms with Gasteiger partial charge >= 0.3 is 0 Å². The van der Waals surface area contributed by atoms with Crippen molar-refractivity contribution < 1.29 is 9.59 Å². The molecule has 8 heteroatoms. The highest BCUT2D eigenvalue weighted by molar-refractivity contribution is 6.33. The van der Waals surface area contributed by atoms with Gasteiger partial charge in [-0.05, 0) is 56.2 Å². The van der Waals surface area contributed by atoms with E-state index in [0.717, 1.165) is 42.9 Å². The average Bonchev–Trinajstić information content (AvgIpc) is 3.10. The zero-order chi connectivity index (χ0) is 23.4. The Morgan fingerprint density at radius 1 is 1.03 bits per heavy atom. The van der Waals surface area contributed by atoms with Crippen molar-refractivity contribution in [3.8, 4) is 17.1 Å². The summed E-state index contributed by atoms with van der Waals surface area (Å²) in [6.45, 7) is 5.19. The van der Waals surface area contributed by atoms with Crippen LogP contribution < -0.4 is 10.7 Å². The summed E-state index contributed by atoms with van der Waals surface area (Å²) in [5.41, 5.74) is 6.95. The maximum absolute atomic E-state index is 12.8. The van der Waals surface area contributed by atoms with Crippen LogP contribution in [-0.2, 0) is 16.0 Å². The number of hydrazine groups is 1. The summed E-state index contributed by atoms with van der Waals surface area (Å²) in [6, 6.07) is 15.1. The van der Waals surface area contributed by atoms with Crippen molar-refractivity contribution in [2.24, 2.45) is 0 Å². The number of benzene rings is 2. The molecule has 2 aromatic carbocycles. The predicted octanol–water partition coefficient (Wildman–Crippen LogP) is 4.52. The summed E-state index contributed by atoms with van der Waals surface area (Å²) in [5, 5.41) is 5.36. The number of anilines is 1. The Morgan fingerprint density at radius 2 is 1.73 bits per heavy atom. The highest BCUT2D eigenvalue weighted by atomic mass is 35.5. The van der Waals surface area contributed by atoms with Crippen LogP contribution in [0.5, 0.6) is 0 Å². The largest absolute Gasteiger partial charge is 0.326 e. The minimum Gasteiger partial charge on any atom is -0.326 e. The van der Waals surface area contributed by atoms with Gasteiger partial charge in [0.05, 0.1) is 17.1 Å². The summed E-state index contributed by atoms with van der Waals surface area (Å²) < 4.78 is 2.00. The molecule has 2 amide bonds. The fourth-order valence-corrected chi connectivity index (χ4v) is 4.34. The molecule has 1 aliphatic rings. The van der Waals surface area contributed by atoms with Gasteiger partial charge in [0.2, 0.25) is 11.8 Å². The molecular formula is C25H28ClN5O2. The normalized spacial score (nSPS) is 14.2. The minimum absolute atomic E-state index is 0.0728. The van der Waals surface area contributed by atoms with Gasteiger partial charge in [-0.25, -0.2) is 9.99 Å². The van der Waals surface area contributed by atoms with E-state index in [1.807, 2.05) is 65.0 Å². The monoisotopic (exact) mass is 465 g/mol. The van der Waals surface area contributed by atoms with Gasteiger partial charge in [-0.1, -0.05) is 30.2 Å². The molecule has 4 rings (SSSR count). The van der Waals surface area contributed by atoms with Crippen molar-refractivity contribution in [1.29, 1.82) is 0 Å². The highest BCUT2D eigenvalue weighted by Gasteiger charge is 2.21. The molecule has 3 aromatic rings. The van der Waals surface area contributed by atoms with E-state index >= 15 is 0 Å². The van der Waals surface area contributed by atoms with Gasteiger partial charge in [-0.15, -0.1) is 0 Å². The molecule has 1 fully saturated rings. The van der Waals surface area contributed by atoms with Gasteiger partial charge in [0, 0.05) is 42.6 Å². The molecule has 7 nitrogen and oxygen atoms in total. The Bertz CT molecular complexity index is 1150. The first-order chi connectivity index (χ1) is 15.9. The number of hydrogen-bond donors (Lipinski definition) is 2.